The van der Waals surface area contributed by atoms with Crippen LogP contribution in [0.1, 0.15) is 50.2 Å². The molecule has 0 aromatic carbocycles. The summed E-state index contributed by atoms with van der Waals surface area (Å²) in [6, 6.07) is 0. The molecule has 6 heteroatoms. The summed E-state index contributed by atoms with van der Waals surface area (Å²) in [5, 5.41) is 12.0. The van der Waals surface area contributed by atoms with Gasteiger partial charge in [-0.15, -0.1) is 11.3 Å². The number of nitrogens with zero attached hydrogens (tertiary/aromatic N) is 2. The van der Waals surface area contributed by atoms with Gasteiger partial charge in [-0.1, -0.05) is 0 Å². The van der Waals surface area contributed by atoms with Crippen LogP contribution in [0, 0.1) is 0 Å². The topological polar surface area (TPSA) is 62.7 Å². The molecule has 0 saturated carbocycles. The first-order valence-electron chi connectivity index (χ1n) is 6.92. The largest absolute Gasteiger partial charge is 0.444 e. The van der Waals surface area contributed by atoms with Gasteiger partial charge in [0.1, 0.15) is 5.60 Å². The zero-order chi connectivity index (χ0) is 14.8. The SMILES string of the molecule is CC(C)(C)OC(=O)N1CCC(c2nc(CO)cs2)CC1. The molecule has 112 valence electrons. The number of carbonyl (C=O) groups excluding carboxylic acids is 1. The van der Waals surface area contributed by atoms with Gasteiger partial charge in [-0.3, -0.25) is 0 Å². The Balaban J connectivity index is 1.87. The first-order chi connectivity index (χ1) is 9.39. The Labute approximate surface area is 123 Å². The van der Waals surface area contributed by atoms with E-state index < -0.39 is 5.60 Å². The van der Waals surface area contributed by atoms with E-state index in [1.165, 1.54) is 0 Å². The molecule has 5 nitrogen and oxygen atoms in total. The van der Waals surface area contributed by atoms with Crippen molar-refractivity contribution < 1.29 is 14.6 Å². The number of hydrogen-bond acceptors (Lipinski definition) is 5. The van der Waals surface area contributed by atoms with Crippen LogP contribution in [0.5, 0.6) is 0 Å². The van der Waals surface area contributed by atoms with Gasteiger partial charge < -0.3 is 14.7 Å². The minimum absolute atomic E-state index is 0.00669. The molecule has 1 aliphatic rings. The Hall–Kier alpha value is -1.14. The van der Waals surface area contributed by atoms with Gasteiger partial charge >= 0.3 is 6.09 Å². The van der Waals surface area contributed by atoms with E-state index in [0.717, 1.165) is 23.5 Å². The van der Waals surface area contributed by atoms with Gasteiger partial charge in [-0.2, -0.15) is 0 Å². The highest BCUT2D eigenvalue weighted by molar-refractivity contribution is 7.09. The highest BCUT2D eigenvalue weighted by Gasteiger charge is 2.28. The third-order valence-corrected chi connectivity index (χ3v) is 4.28. The quantitative estimate of drug-likeness (QED) is 0.912. The standard InChI is InChI=1S/C14H22N2O3S/c1-14(2,3)19-13(18)16-6-4-10(5-7-16)12-15-11(8-17)9-20-12/h9-10,17H,4-8H2,1-3H3. The number of aliphatic hydroxyl groups excluding tert-OH is 1. The summed E-state index contributed by atoms with van der Waals surface area (Å²) in [4.78, 5) is 18.1. The van der Waals surface area contributed by atoms with Crippen LogP contribution in [0.15, 0.2) is 5.38 Å². The second-order valence-electron chi connectivity index (χ2n) is 6.08. The third kappa shape index (κ3) is 3.93. The smallest absolute Gasteiger partial charge is 0.410 e. The summed E-state index contributed by atoms with van der Waals surface area (Å²) >= 11 is 1.59. The minimum Gasteiger partial charge on any atom is -0.444 e. The van der Waals surface area contributed by atoms with Crippen molar-refractivity contribution in [1.29, 1.82) is 0 Å². The summed E-state index contributed by atoms with van der Waals surface area (Å²) in [6.45, 7) is 7.03. The van der Waals surface area contributed by atoms with E-state index in [1.54, 1.807) is 16.2 Å². The van der Waals surface area contributed by atoms with Gasteiger partial charge in [-0.25, -0.2) is 9.78 Å². The second kappa shape index (κ2) is 6.10. The lowest BCUT2D eigenvalue weighted by Gasteiger charge is -2.32. The van der Waals surface area contributed by atoms with Gasteiger partial charge in [0, 0.05) is 24.4 Å². The van der Waals surface area contributed by atoms with E-state index in [9.17, 15) is 4.79 Å². The molecule has 0 bridgehead atoms. The fraction of sp³-hybridized carbons (Fsp3) is 0.714. The summed E-state index contributed by atoms with van der Waals surface area (Å²) in [7, 11) is 0. The molecule has 1 N–H and O–H groups in total. The maximum absolute atomic E-state index is 12.0. The number of hydrogen-bond donors (Lipinski definition) is 1. The van der Waals surface area contributed by atoms with E-state index in [4.69, 9.17) is 9.84 Å². The molecular weight excluding hydrogens is 276 g/mol. The highest BCUT2D eigenvalue weighted by Crippen LogP contribution is 2.30. The molecule has 0 radical (unpaired) electrons. The van der Waals surface area contributed by atoms with Crippen molar-refractivity contribution in [2.75, 3.05) is 13.1 Å². The average Bonchev–Trinajstić information content (AvgIpc) is 2.85. The maximum atomic E-state index is 12.0. The Morgan fingerprint density at radius 1 is 1.50 bits per heavy atom. The molecular formula is C14H22N2O3S. The molecule has 1 aromatic heterocycles. The molecule has 1 fully saturated rings. The normalized spacial score (nSPS) is 17.3. The molecule has 0 aliphatic carbocycles. The van der Waals surface area contributed by atoms with Crippen molar-refractivity contribution in [3.05, 3.63) is 16.1 Å². The predicted molar refractivity (Wildman–Crippen MR) is 77.8 cm³/mol. The first kappa shape index (κ1) is 15.3. The molecule has 20 heavy (non-hydrogen) atoms. The van der Waals surface area contributed by atoms with Crippen molar-refractivity contribution in [3.8, 4) is 0 Å². The van der Waals surface area contributed by atoms with Crippen LogP contribution in [0.2, 0.25) is 0 Å². The first-order valence-corrected chi connectivity index (χ1v) is 7.80. The Kier molecular flexibility index (Phi) is 4.65. The Bertz CT molecular complexity index is 459. The van der Waals surface area contributed by atoms with Crippen LogP contribution in [0.3, 0.4) is 0 Å². The van der Waals surface area contributed by atoms with Crippen molar-refractivity contribution in [2.24, 2.45) is 0 Å². The van der Waals surface area contributed by atoms with Gasteiger partial charge in [0.25, 0.3) is 0 Å². The summed E-state index contributed by atoms with van der Waals surface area (Å²) < 4.78 is 5.38. The van der Waals surface area contributed by atoms with Crippen molar-refractivity contribution in [2.45, 2.75) is 51.7 Å². The van der Waals surface area contributed by atoms with E-state index >= 15 is 0 Å². The zero-order valence-corrected chi connectivity index (χ0v) is 13.1. The molecule has 1 amide bonds. The van der Waals surface area contributed by atoms with Gasteiger partial charge in [0.15, 0.2) is 0 Å². The maximum Gasteiger partial charge on any atom is 0.410 e. The van der Waals surface area contributed by atoms with E-state index in [0.29, 0.717) is 19.0 Å². The number of amides is 1. The number of ether oxygens (including phenoxy) is 1. The van der Waals surface area contributed by atoms with Crippen LogP contribution in [0.25, 0.3) is 0 Å². The lowest BCUT2D eigenvalue weighted by molar-refractivity contribution is 0.0205. The number of rotatable bonds is 2. The number of thiazole rings is 1. The second-order valence-corrected chi connectivity index (χ2v) is 6.97. The number of likely N-dealkylation sites (tertiary alicyclic amines) is 1. The van der Waals surface area contributed by atoms with Gasteiger partial charge in [-0.05, 0) is 33.6 Å². The number of aromatic nitrogens is 1. The van der Waals surface area contributed by atoms with E-state index in [1.807, 2.05) is 26.2 Å². The van der Waals surface area contributed by atoms with Crippen molar-refractivity contribution in [1.82, 2.24) is 9.88 Å². The lowest BCUT2D eigenvalue weighted by Crippen LogP contribution is -2.41. The van der Waals surface area contributed by atoms with Gasteiger partial charge in [0.05, 0.1) is 17.3 Å². The number of piperidine rings is 1. The number of aliphatic hydroxyl groups is 1. The Morgan fingerprint density at radius 3 is 2.65 bits per heavy atom. The van der Waals surface area contributed by atoms with Crippen molar-refractivity contribution in [3.63, 3.8) is 0 Å². The zero-order valence-electron chi connectivity index (χ0n) is 12.3. The fourth-order valence-electron chi connectivity index (χ4n) is 2.22. The molecule has 2 rings (SSSR count). The molecule has 0 unspecified atom stereocenters. The minimum atomic E-state index is -0.445. The lowest BCUT2D eigenvalue weighted by atomic mass is 9.98. The molecule has 0 atom stereocenters. The highest BCUT2D eigenvalue weighted by atomic mass is 32.1. The van der Waals surface area contributed by atoms with Crippen LogP contribution in [-0.2, 0) is 11.3 Å². The fourth-order valence-corrected chi connectivity index (χ4v) is 3.20. The van der Waals surface area contributed by atoms with Gasteiger partial charge in [0.2, 0.25) is 0 Å². The third-order valence-electron chi connectivity index (χ3n) is 3.23. The van der Waals surface area contributed by atoms with Crippen LogP contribution < -0.4 is 0 Å². The molecule has 1 aromatic rings. The summed E-state index contributed by atoms with van der Waals surface area (Å²) in [5.41, 5.74) is 0.291. The van der Waals surface area contributed by atoms with E-state index in [-0.39, 0.29) is 12.7 Å². The van der Waals surface area contributed by atoms with Crippen LogP contribution in [-0.4, -0.2) is 39.8 Å². The number of carbonyl (C=O) groups is 1. The summed E-state index contributed by atoms with van der Waals surface area (Å²) in [5.74, 6) is 0.388. The van der Waals surface area contributed by atoms with Crippen LogP contribution >= 0.6 is 11.3 Å². The molecule has 0 spiro atoms. The van der Waals surface area contributed by atoms with E-state index in [2.05, 4.69) is 4.98 Å². The van der Waals surface area contributed by atoms with Crippen LogP contribution in [0.4, 0.5) is 4.79 Å². The monoisotopic (exact) mass is 298 g/mol. The summed E-state index contributed by atoms with van der Waals surface area (Å²) in [6.07, 6.45) is 1.57. The molecule has 1 aliphatic heterocycles. The molecule has 2 heterocycles. The average molecular weight is 298 g/mol. The molecule has 1 saturated heterocycles. The van der Waals surface area contributed by atoms with Crippen molar-refractivity contribution >= 4 is 17.4 Å². The Morgan fingerprint density at radius 2 is 2.15 bits per heavy atom. The predicted octanol–water partition coefficient (Wildman–Crippen LogP) is 2.75.